The van der Waals surface area contributed by atoms with Crippen LogP contribution in [0.3, 0.4) is 0 Å². The van der Waals surface area contributed by atoms with E-state index in [1.54, 1.807) is 0 Å². The highest BCUT2D eigenvalue weighted by molar-refractivity contribution is 5.21. The average molecular weight is 166 g/mol. The van der Waals surface area contributed by atoms with Gasteiger partial charge in [0.15, 0.2) is 0 Å². The fourth-order valence-electron chi connectivity index (χ4n) is 1.05. The Kier molecular flexibility index (Phi) is 3.16. The van der Waals surface area contributed by atoms with E-state index in [-0.39, 0.29) is 0 Å². The molecule has 1 rings (SSSR count). The molecule has 0 unspecified atom stereocenters. The molecule has 0 saturated heterocycles. The van der Waals surface area contributed by atoms with Crippen LogP contribution in [-0.2, 0) is 19.6 Å². The van der Waals surface area contributed by atoms with E-state index in [2.05, 4.69) is 4.98 Å². The molecule has 0 fully saturated rings. The van der Waals surface area contributed by atoms with E-state index in [4.69, 9.17) is 17.2 Å². The molecule has 0 radical (unpaired) electrons. The van der Waals surface area contributed by atoms with Gasteiger partial charge in [-0.1, -0.05) is 0 Å². The Labute approximate surface area is 71.8 Å². The first kappa shape index (κ1) is 9.12. The van der Waals surface area contributed by atoms with Crippen molar-refractivity contribution in [3.63, 3.8) is 0 Å². The molecule has 0 aliphatic carbocycles. The van der Waals surface area contributed by atoms with Crippen molar-refractivity contribution < 1.29 is 0 Å². The first-order valence-electron chi connectivity index (χ1n) is 3.89. The molecule has 1 aromatic rings. The van der Waals surface area contributed by atoms with Gasteiger partial charge in [-0.25, -0.2) is 0 Å². The zero-order chi connectivity index (χ0) is 8.97. The van der Waals surface area contributed by atoms with Gasteiger partial charge < -0.3 is 17.2 Å². The Morgan fingerprint density at radius 2 is 1.42 bits per heavy atom. The summed E-state index contributed by atoms with van der Waals surface area (Å²) >= 11 is 0. The molecule has 4 heteroatoms. The van der Waals surface area contributed by atoms with Crippen molar-refractivity contribution in [2.75, 3.05) is 0 Å². The van der Waals surface area contributed by atoms with Gasteiger partial charge in [-0.3, -0.25) is 4.98 Å². The summed E-state index contributed by atoms with van der Waals surface area (Å²) in [6.07, 6.45) is 0. The smallest absolute Gasteiger partial charge is 0.0546 e. The molecule has 0 bridgehead atoms. The van der Waals surface area contributed by atoms with Crippen LogP contribution >= 0.6 is 0 Å². The van der Waals surface area contributed by atoms with E-state index in [9.17, 15) is 0 Å². The lowest BCUT2D eigenvalue weighted by Crippen LogP contribution is -2.08. The number of rotatable bonds is 3. The van der Waals surface area contributed by atoms with Gasteiger partial charge in [-0.15, -0.1) is 0 Å². The Morgan fingerprint density at radius 1 is 0.917 bits per heavy atom. The van der Waals surface area contributed by atoms with Crippen molar-refractivity contribution >= 4 is 0 Å². The SMILES string of the molecule is NCc1cc(CN)nc(CN)c1. The molecule has 66 valence electrons. The monoisotopic (exact) mass is 166 g/mol. The van der Waals surface area contributed by atoms with Gasteiger partial charge in [0.05, 0.1) is 11.4 Å². The molecule has 0 aromatic carbocycles. The summed E-state index contributed by atoms with van der Waals surface area (Å²) in [5.74, 6) is 0. The van der Waals surface area contributed by atoms with Gasteiger partial charge >= 0.3 is 0 Å². The van der Waals surface area contributed by atoms with Gasteiger partial charge in [-0.2, -0.15) is 0 Å². The Bertz CT molecular complexity index is 204. The maximum absolute atomic E-state index is 5.49. The number of hydrogen-bond acceptors (Lipinski definition) is 4. The van der Waals surface area contributed by atoms with Crippen LogP contribution in [-0.4, -0.2) is 4.98 Å². The van der Waals surface area contributed by atoms with Gasteiger partial charge in [-0.05, 0) is 17.7 Å². The third-order valence-electron chi connectivity index (χ3n) is 1.65. The highest BCUT2D eigenvalue weighted by Gasteiger charge is 1.98. The molecule has 0 amide bonds. The van der Waals surface area contributed by atoms with E-state index in [1.807, 2.05) is 12.1 Å². The highest BCUT2D eigenvalue weighted by Crippen LogP contribution is 2.04. The third kappa shape index (κ3) is 2.01. The van der Waals surface area contributed by atoms with E-state index >= 15 is 0 Å². The zero-order valence-corrected chi connectivity index (χ0v) is 6.96. The van der Waals surface area contributed by atoms with Crippen LogP contribution in [0.2, 0.25) is 0 Å². The molecule has 0 aliphatic rings. The Morgan fingerprint density at radius 3 is 1.75 bits per heavy atom. The highest BCUT2D eigenvalue weighted by atomic mass is 14.8. The Hall–Kier alpha value is -0.970. The summed E-state index contributed by atoms with van der Waals surface area (Å²) in [5.41, 5.74) is 19.1. The largest absolute Gasteiger partial charge is 0.326 e. The number of nitrogens with two attached hydrogens (primary N) is 3. The van der Waals surface area contributed by atoms with E-state index < -0.39 is 0 Å². The predicted octanol–water partition coefficient (Wildman–Crippen LogP) is -0.542. The number of nitrogens with zero attached hydrogens (tertiary/aromatic N) is 1. The summed E-state index contributed by atoms with van der Waals surface area (Å²) < 4.78 is 0. The molecule has 0 saturated carbocycles. The molecular formula is C8H14N4. The minimum atomic E-state index is 0.431. The van der Waals surface area contributed by atoms with Crippen LogP contribution in [0.15, 0.2) is 12.1 Å². The van der Waals surface area contributed by atoms with Gasteiger partial charge in [0.25, 0.3) is 0 Å². The molecule has 12 heavy (non-hydrogen) atoms. The normalized spacial score (nSPS) is 10.2. The van der Waals surface area contributed by atoms with Crippen LogP contribution in [0.4, 0.5) is 0 Å². The predicted molar refractivity (Wildman–Crippen MR) is 47.9 cm³/mol. The standard InChI is InChI=1S/C8H14N4/c9-3-6-1-7(4-10)12-8(2-6)5-11/h1-2H,3-5,9-11H2. The van der Waals surface area contributed by atoms with Crippen LogP contribution in [0.25, 0.3) is 0 Å². The van der Waals surface area contributed by atoms with E-state index in [0.29, 0.717) is 19.6 Å². The van der Waals surface area contributed by atoms with Gasteiger partial charge in [0.2, 0.25) is 0 Å². The van der Waals surface area contributed by atoms with Crippen LogP contribution < -0.4 is 17.2 Å². The fraction of sp³-hybridized carbons (Fsp3) is 0.375. The minimum absolute atomic E-state index is 0.431. The summed E-state index contributed by atoms with van der Waals surface area (Å²) in [6.45, 7) is 1.37. The van der Waals surface area contributed by atoms with Crippen molar-refractivity contribution in [1.29, 1.82) is 0 Å². The summed E-state index contributed by atoms with van der Waals surface area (Å²) in [4.78, 5) is 4.21. The average Bonchev–Trinajstić information content (AvgIpc) is 2.16. The second-order valence-corrected chi connectivity index (χ2v) is 2.57. The first-order chi connectivity index (χ1) is 5.80. The van der Waals surface area contributed by atoms with Crippen LogP contribution in [0.5, 0.6) is 0 Å². The number of aromatic nitrogens is 1. The molecule has 1 aromatic heterocycles. The summed E-state index contributed by atoms with van der Waals surface area (Å²) in [5, 5.41) is 0. The second-order valence-electron chi connectivity index (χ2n) is 2.57. The zero-order valence-electron chi connectivity index (χ0n) is 6.96. The van der Waals surface area contributed by atoms with Crippen molar-refractivity contribution in [3.8, 4) is 0 Å². The molecule has 6 N–H and O–H groups in total. The first-order valence-corrected chi connectivity index (χ1v) is 3.89. The lowest BCUT2D eigenvalue weighted by molar-refractivity contribution is 0.896. The van der Waals surface area contributed by atoms with Crippen molar-refractivity contribution in [1.82, 2.24) is 4.98 Å². The van der Waals surface area contributed by atoms with Gasteiger partial charge in [0, 0.05) is 19.6 Å². The topological polar surface area (TPSA) is 91.0 Å². The van der Waals surface area contributed by atoms with Crippen molar-refractivity contribution in [2.24, 2.45) is 17.2 Å². The quantitative estimate of drug-likeness (QED) is 0.562. The fourth-order valence-corrected chi connectivity index (χ4v) is 1.05. The van der Waals surface area contributed by atoms with Crippen LogP contribution in [0.1, 0.15) is 17.0 Å². The lowest BCUT2D eigenvalue weighted by Gasteiger charge is -2.03. The summed E-state index contributed by atoms with van der Waals surface area (Å²) in [7, 11) is 0. The maximum Gasteiger partial charge on any atom is 0.0546 e. The van der Waals surface area contributed by atoms with E-state index in [1.165, 1.54) is 0 Å². The lowest BCUT2D eigenvalue weighted by atomic mass is 10.2. The number of pyridine rings is 1. The Balaban J connectivity index is 3.01. The molecule has 1 heterocycles. The minimum Gasteiger partial charge on any atom is -0.326 e. The summed E-state index contributed by atoms with van der Waals surface area (Å²) in [6, 6.07) is 3.80. The third-order valence-corrected chi connectivity index (χ3v) is 1.65. The van der Waals surface area contributed by atoms with Gasteiger partial charge in [0.1, 0.15) is 0 Å². The van der Waals surface area contributed by atoms with E-state index in [0.717, 1.165) is 17.0 Å². The van der Waals surface area contributed by atoms with Crippen molar-refractivity contribution in [2.45, 2.75) is 19.6 Å². The molecule has 4 nitrogen and oxygen atoms in total. The molecule has 0 spiro atoms. The molecule has 0 atom stereocenters. The second kappa shape index (κ2) is 4.15. The maximum atomic E-state index is 5.49. The molecule has 0 aliphatic heterocycles. The number of hydrogen-bond donors (Lipinski definition) is 3. The molecular weight excluding hydrogens is 152 g/mol. The van der Waals surface area contributed by atoms with Crippen molar-refractivity contribution in [3.05, 3.63) is 29.1 Å². The van der Waals surface area contributed by atoms with Crippen LogP contribution in [0, 0.1) is 0 Å².